The first-order valence-corrected chi connectivity index (χ1v) is 8.15. The molecular weight excluding hydrogens is 254 g/mol. The normalized spacial score (nSPS) is 21.6. The molecule has 1 aliphatic rings. The fourth-order valence-electron chi connectivity index (χ4n) is 4.35. The average molecular weight is 277 g/mol. The Bertz CT molecular complexity index is 838. The summed E-state index contributed by atoms with van der Waals surface area (Å²) >= 11 is 0. The average Bonchev–Trinajstić information content (AvgIpc) is 2.79. The summed E-state index contributed by atoms with van der Waals surface area (Å²) in [4.78, 5) is 0. The summed E-state index contributed by atoms with van der Waals surface area (Å²) in [5.74, 6) is 1.24. The van der Waals surface area contributed by atoms with Crippen molar-refractivity contribution in [3.8, 4) is 0 Å². The van der Waals surface area contributed by atoms with Gasteiger partial charge in [-0.3, -0.25) is 0 Å². The molecule has 0 amide bonds. The molecule has 0 aliphatic carbocycles. The molecule has 2 heterocycles. The van der Waals surface area contributed by atoms with E-state index < -0.39 is 0 Å². The molecule has 2 aromatic carbocycles. The molecular formula is C20H23N. The van der Waals surface area contributed by atoms with Crippen LogP contribution in [0.1, 0.15) is 63.1 Å². The van der Waals surface area contributed by atoms with Crippen molar-refractivity contribution in [3.63, 3.8) is 0 Å². The summed E-state index contributed by atoms with van der Waals surface area (Å²) in [5.41, 5.74) is 6.02. The first kappa shape index (κ1) is 12.9. The van der Waals surface area contributed by atoms with E-state index in [1.165, 1.54) is 33.8 Å². The Kier molecular flexibility index (Phi) is 2.69. The lowest BCUT2D eigenvalue weighted by atomic mass is 9.83. The van der Waals surface area contributed by atoms with Gasteiger partial charge < -0.3 is 4.57 Å². The molecule has 2 unspecified atom stereocenters. The summed E-state index contributed by atoms with van der Waals surface area (Å²) in [6.45, 7) is 9.40. The van der Waals surface area contributed by atoms with Crippen molar-refractivity contribution >= 4 is 21.8 Å². The summed E-state index contributed by atoms with van der Waals surface area (Å²) in [5, 5.41) is 2.84. The molecule has 0 saturated heterocycles. The molecule has 1 nitrogen and oxygen atoms in total. The van der Waals surface area contributed by atoms with Crippen LogP contribution >= 0.6 is 0 Å². The molecule has 0 bridgehead atoms. The topological polar surface area (TPSA) is 4.93 Å². The third kappa shape index (κ3) is 1.64. The predicted molar refractivity (Wildman–Crippen MR) is 91.3 cm³/mol. The lowest BCUT2D eigenvalue weighted by molar-refractivity contribution is 0.465. The highest BCUT2D eigenvalue weighted by molar-refractivity contribution is 6.10. The maximum absolute atomic E-state index is 2.59. The molecule has 3 aromatic rings. The second-order valence-corrected chi connectivity index (χ2v) is 6.99. The molecule has 0 radical (unpaired) electrons. The second-order valence-electron chi connectivity index (χ2n) is 6.99. The first-order chi connectivity index (χ1) is 10.1. The summed E-state index contributed by atoms with van der Waals surface area (Å²) < 4.78 is 2.59. The van der Waals surface area contributed by atoms with E-state index in [0.29, 0.717) is 17.9 Å². The van der Waals surface area contributed by atoms with E-state index in [-0.39, 0.29) is 0 Å². The van der Waals surface area contributed by atoms with Gasteiger partial charge in [-0.15, -0.1) is 0 Å². The van der Waals surface area contributed by atoms with E-state index in [0.717, 1.165) is 0 Å². The maximum atomic E-state index is 2.59. The Morgan fingerprint density at radius 1 is 1.00 bits per heavy atom. The predicted octanol–water partition coefficient (Wildman–Crippen LogP) is 5.99. The number of aromatic nitrogens is 1. The second kappa shape index (κ2) is 4.37. The van der Waals surface area contributed by atoms with Gasteiger partial charge in [0.2, 0.25) is 0 Å². The fraction of sp³-hybridized carbons (Fsp3) is 0.400. The molecule has 1 heteroatoms. The minimum atomic E-state index is 0.581. The smallest absolute Gasteiger partial charge is 0.0532 e. The standard InChI is InChI=1S/C20H23N/c1-12(2)15-9-10-17-16-7-5-6-8-18(16)21-14(4)11-13(3)19(15)20(17)21/h5-10,12-14H,11H2,1-4H3. The number of fused-ring (bicyclic) bond motifs is 3. The lowest BCUT2D eigenvalue weighted by Gasteiger charge is -2.31. The van der Waals surface area contributed by atoms with Crippen LogP contribution in [0.2, 0.25) is 0 Å². The van der Waals surface area contributed by atoms with Crippen molar-refractivity contribution in [2.75, 3.05) is 0 Å². The number of para-hydroxylation sites is 1. The van der Waals surface area contributed by atoms with E-state index >= 15 is 0 Å². The largest absolute Gasteiger partial charge is 0.337 e. The first-order valence-electron chi connectivity index (χ1n) is 8.15. The van der Waals surface area contributed by atoms with Gasteiger partial charge in [0.05, 0.1) is 5.52 Å². The third-order valence-corrected chi connectivity index (χ3v) is 5.20. The van der Waals surface area contributed by atoms with Crippen molar-refractivity contribution in [1.29, 1.82) is 0 Å². The van der Waals surface area contributed by atoms with Crippen molar-refractivity contribution in [1.82, 2.24) is 4.57 Å². The van der Waals surface area contributed by atoms with Crippen molar-refractivity contribution in [3.05, 3.63) is 47.5 Å². The zero-order valence-electron chi connectivity index (χ0n) is 13.4. The fourth-order valence-corrected chi connectivity index (χ4v) is 4.35. The van der Waals surface area contributed by atoms with Gasteiger partial charge >= 0.3 is 0 Å². The minimum absolute atomic E-state index is 0.581. The summed E-state index contributed by atoms with van der Waals surface area (Å²) in [7, 11) is 0. The molecule has 0 N–H and O–H groups in total. The molecule has 4 rings (SSSR count). The van der Waals surface area contributed by atoms with Crippen molar-refractivity contribution < 1.29 is 0 Å². The Hall–Kier alpha value is -1.76. The van der Waals surface area contributed by atoms with Gasteiger partial charge in [-0.1, -0.05) is 51.1 Å². The monoisotopic (exact) mass is 277 g/mol. The van der Waals surface area contributed by atoms with Crippen LogP contribution in [-0.4, -0.2) is 4.57 Å². The number of benzene rings is 2. The molecule has 2 atom stereocenters. The molecule has 0 fully saturated rings. The zero-order valence-corrected chi connectivity index (χ0v) is 13.4. The van der Waals surface area contributed by atoms with Crippen LogP contribution in [0, 0.1) is 0 Å². The molecule has 0 saturated carbocycles. The van der Waals surface area contributed by atoms with Crippen LogP contribution in [0.15, 0.2) is 36.4 Å². The van der Waals surface area contributed by atoms with Gasteiger partial charge in [-0.05, 0) is 42.4 Å². The van der Waals surface area contributed by atoms with Gasteiger partial charge in [0.15, 0.2) is 0 Å². The molecule has 1 aromatic heterocycles. The Morgan fingerprint density at radius 3 is 2.52 bits per heavy atom. The third-order valence-electron chi connectivity index (χ3n) is 5.20. The Balaban J connectivity index is 2.26. The Labute approximate surface area is 126 Å². The van der Waals surface area contributed by atoms with Crippen LogP contribution < -0.4 is 0 Å². The highest BCUT2D eigenvalue weighted by Crippen LogP contribution is 2.46. The molecule has 21 heavy (non-hydrogen) atoms. The van der Waals surface area contributed by atoms with Crippen LogP contribution in [0.5, 0.6) is 0 Å². The maximum Gasteiger partial charge on any atom is 0.0532 e. The SMILES string of the molecule is CC(C)c1ccc2c3ccccc3n3c2c1C(C)CC3C. The van der Waals surface area contributed by atoms with E-state index in [1.54, 1.807) is 5.56 Å². The van der Waals surface area contributed by atoms with Gasteiger partial charge in [0.1, 0.15) is 0 Å². The van der Waals surface area contributed by atoms with E-state index in [2.05, 4.69) is 68.7 Å². The molecule has 1 aliphatic heterocycles. The quantitative estimate of drug-likeness (QED) is 0.515. The summed E-state index contributed by atoms with van der Waals surface area (Å²) in [6, 6.07) is 14.2. The van der Waals surface area contributed by atoms with E-state index in [9.17, 15) is 0 Å². The van der Waals surface area contributed by atoms with Gasteiger partial charge in [0, 0.05) is 22.3 Å². The van der Waals surface area contributed by atoms with E-state index in [1.807, 2.05) is 0 Å². The van der Waals surface area contributed by atoms with Crippen molar-refractivity contribution in [2.24, 2.45) is 0 Å². The molecule has 108 valence electrons. The van der Waals surface area contributed by atoms with Gasteiger partial charge in [0.25, 0.3) is 0 Å². The Morgan fingerprint density at radius 2 is 1.76 bits per heavy atom. The van der Waals surface area contributed by atoms with Crippen LogP contribution in [0.3, 0.4) is 0 Å². The van der Waals surface area contributed by atoms with Crippen LogP contribution in [-0.2, 0) is 0 Å². The van der Waals surface area contributed by atoms with Crippen molar-refractivity contribution in [2.45, 2.75) is 52.0 Å². The summed E-state index contributed by atoms with van der Waals surface area (Å²) in [6.07, 6.45) is 1.24. The highest BCUT2D eigenvalue weighted by Gasteiger charge is 2.28. The van der Waals surface area contributed by atoms with Gasteiger partial charge in [-0.2, -0.15) is 0 Å². The number of rotatable bonds is 1. The van der Waals surface area contributed by atoms with E-state index in [4.69, 9.17) is 0 Å². The number of hydrogen-bond donors (Lipinski definition) is 0. The van der Waals surface area contributed by atoms with Crippen LogP contribution in [0.25, 0.3) is 21.8 Å². The number of nitrogens with zero attached hydrogens (tertiary/aromatic N) is 1. The number of hydrogen-bond acceptors (Lipinski definition) is 0. The lowest BCUT2D eigenvalue weighted by Crippen LogP contribution is -2.17. The zero-order chi connectivity index (χ0) is 14.7. The minimum Gasteiger partial charge on any atom is -0.337 e. The highest BCUT2D eigenvalue weighted by atomic mass is 15.0. The molecule has 0 spiro atoms. The van der Waals surface area contributed by atoms with Gasteiger partial charge in [-0.25, -0.2) is 0 Å². The van der Waals surface area contributed by atoms with Crippen LogP contribution in [0.4, 0.5) is 0 Å².